The number of nitrogens with one attached hydrogen (secondary N) is 1. The van der Waals surface area contributed by atoms with Crippen LogP contribution >= 0.6 is 0 Å². The number of likely N-dealkylation sites (tertiary alicyclic amines) is 1. The quantitative estimate of drug-likeness (QED) is 0.682. The molecule has 1 aliphatic heterocycles. The number of ether oxygens (including phenoxy) is 1. The SMILES string of the molecule is CC1CCN(CC(O)CNC(=O)CCc2cccc(OC3CCCC3)c2)CC1. The molecule has 3 rings (SSSR count). The lowest BCUT2D eigenvalue weighted by Gasteiger charge is -2.31. The molecule has 0 aromatic heterocycles. The van der Waals surface area contributed by atoms with E-state index in [0.29, 0.717) is 32.0 Å². The number of benzene rings is 1. The number of hydrogen-bond acceptors (Lipinski definition) is 4. The zero-order valence-electron chi connectivity index (χ0n) is 17.2. The van der Waals surface area contributed by atoms with Gasteiger partial charge in [0.05, 0.1) is 12.2 Å². The molecule has 1 saturated heterocycles. The Morgan fingerprint density at radius 2 is 2.00 bits per heavy atom. The zero-order chi connectivity index (χ0) is 19.8. The summed E-state index contributed by atoms with van der Waals surface area (Å²) in [6, 6.07) is 8.10. The predicted octanol–water partition coefficient (Wildman–Crippen LogP) is 3.15. The van der Waals surface area contributed by atoms with Crippen LogP contribution < -0.4 is 10.1 Å². The largest absolute Gasteiger partial charge is 0.490 e. The summed E-state index contributed by atoms with van der Waals surface area (Å²) in [5.74, 6) is 1.69. The number of amides is 1. The van der Waals surface area contributed by atoms with Gasteiger partial charge in [0.2, 0.25) is 5.91 Å². The topological polar surface area (TPSA) is 61.8 Å². The third-order valence-electron chi connectivity index (χ3n) is 6.02. The van der Waals surface area contributed by atoms with Gasteiger partial charge in [-0.25, -0.2) is 0 Å². The van der Waals surface area contributed by atoms with Crippen LogP contribution in [0.1, 0.15) is 57.4 Å². The average molecular weight is 389 g/mol. The van der Waals surface area contributed by atoms with Crippen LogP contribution in [0.4, 0.5) is 0 Å². The highest BCUT2D eigenvalue weighted by atomic mass is 16.5. The lowest BCUT2D eigenvalue weighted by molar-refractivity contribution is -0.121. The Balaban J connectivity index is 1.33. The van der Waals surface area contributed by atoms with Crippen LogP contribution in [0.15, 0.2) is 24.3 Å². The van der Waals surface area contributed by atoms with E-state index in [9.17, 15) is 9.90 Å². The Hall–Kier alpha value is -1.59. The Morgan fingerprint density at radius 3 is 2.75 bits per heavy atom. The third kappa shape index (κ3) is 7.10. The van der Waals surface area contributed by atoms with Crippen molar-refractivity contribution in [3.8, 4) is 5.75 Å². The van der Waals surface area contributed by atoms with Gasteiger partial charge in [-0.2, -0.15) is 0 Å². The molecule has 5 heteroatoms. The normalized spacial score (nSPS) is 20.2. The number of carbonyl (C=O) groups excluding carboxylic acids is 1. The first-order valence-corrected chi connectivity index (χ1v) is 11.0. The minimum atomic E-state index is -0.500. The highest BCUT2D eigenvalue weighted by molar-refractivity contribution is 5.76. The molecule has 1 saturated carbocycles. The fourth-order valence-corrected chi connectivity index (χ4v) is 4.16. The van der Waals surface area contributed by atoms with E-state index < -0.39 is 6.10 Å². The monoisotopic (exact) mass is 388 g/mol. The molecule has 1 atom stereocenters. The molecule has 1 unspecified atom stereocenters. The van der Waals surface area contributed by atoms with Gasteiger partial charge in [-0.1, -0.05) is 19.1 Å². The molecule has 1 aliphatic carbocycles. The van der Waals surface area contributed by atoms with Crippen molar-refractivity contribution >= 4 is 5.91 Å². The second-order valence-corrected chi connectivity index (χ2v) is 8.61. The van der Waals surface area contributed by atoms with Crippen LogP contribution in [-0.2, 0) is 11.2 Å². The number of β-amino-alcohol motifs (C(OH)–C–C–N with tert-alkyl or cyclic N) is 1. The van der Waals surface area contributed by atoms with Gasteiger partial charge < -0.3 is 20.1 Å². The Morgan fingerprint density at radius 1 is 1.25 bits per heavy atom. The maximum atomic E-state index is 12.2. The van der Waals surface area contributed by atoms with E-state index in [-0.39, 0.29) is 5.91 Å². The van der Waals surface area contributed by atoms with Crippen LogP contribution in [-0.4, -0.2) is 54.3 Å². The maximum absolute atomic E-state index is 12.2. The summed E-state index contributed by atoms with van der Waals surface area (Å²) in [7, 11) is 0. The van der Waals surface area contributed by atoms with Crippen LogP contribution in [0.25, 0.3) is 0 Å². The van der Waals surface area contributed by atoms with Crippen molar-refractivity contribution in [2.75, 3.05) is 26.2 Å². The molecule has 1 aromatic carbocycles. The van der Waals surface area contributed by atoms with Crippen molar-refractivity contribution in [2.45, 2.75) is 70.5 Å². The number of aliphatic hydroxyl groups is 1. The molecular formula is C23H36N2O3. The number of nitrogens with zero attached hydrogens (tertiary/aromatic N) is 1. The summed E-state index contributed by atoms with van der Waals surface area (Å²) >= 11 is 0. The lowest BCUT2D eigenvalue weighted by atomic mass is 9.99. The van der Waals surface area contributed by atoms with Gasteiger partial charge in [0.25, 0.3) is 0 Å². The molecule has 1 aromatic rings. The molecule has 0 radical (unpaired) electrons. The fourth-order valence-electron chi connectivity index (χ4n) is 4.16. The number of carbonyl (C=O) groups is 1. The van der Waals surface area contributed by atoms with Gasteiger partial charge >= 0.3 is 0 Å². The van der Waals surface area contributed by atoms with Crippen LogP contribution in [0.2, 0.25) is 0 Å². The molecule has 2 aliphatic rings. The van der Waals surface area contributed by atoms with Crippen LogP contribution in [0.5, 0.6) is 5.75 Å². The number of piperidine rings is 1. The molecule has 2 fully saturated rings. The average Bonchev–Trinajstić information content (AvgIpc) is 3.20. The van der Waals surface area contributed by atoms with Crippen LogP contribution in [0, 0.1) is 5.92 Å². The molecular weight excluding hydrogens is 352 g/mol. The first kappa shape index (κ1) is 21.1. The zero-order valence-corrected chi connectivity index (χ0v) is 17.2. The van der Waals surface area contributed by atoms with Gasteiger partial charge in [0, 0.05) is 19.5 Å². The van der Waals surface area contributed by atoms with E-state index in [2.05, 4.69) is 23.2 Å². The molecule has 28 heavy (non-hydrogen) atoms. The Labute approximate surface area is 169 Å². The fraction of sp³-hybridized carbons (Fsp3) is 0.696. The minimum Gasteiger partial charge on any atom is -0.490 e. The van der Waals surface area contributed by atoms with E-state index in [1.54, 1.807) is 0 Å². The van der Waals surface area contributed by atoms with E-state index in [1.807, 2.05) is 18.2 Å². The first-order valence-electron chi connectivity index (χ1n) is 11.0. The van der Waals surface area contributed by atoms with Crippen molar-refractivity contribution < 1.29 is 14.6 Å². The van der Waals surface area contributed by atoms with Crippen molar-refractivity contribution in [3.63, 3.8) is 0 Å². The molecule has 1 heterocycles. The van der Waals surface area contributed by atoms with E-state index >= 15 is 0 Å². The van der Waals surface area contributed by atoms with Gasteiger partial charge in [-0.05, 0) is 81.6 Å². The summed E-state index contributed by atoms with van der Waals surface area (Å²) in [4.78, 5) is 14.5. The van der Waals surface area contributed by atoms with Crippen LogP contribution in [0.3, 0.4) is 0 Å². The van der Waals surface area contributed by atoms with Gasteiger partial charge in [-0.3, -0.25) is 4.79 Å². The van der Waals surface area contributed by atoms with Gasteiger partial charge in [0.15, 0.2) is 0 Å². The van der Waals surface area contributed by atoms with E-state index in [1.165, 1.54) is 25.7 Å². The highest BCUT2D eigenvalue weighted by Gasteiger charge is 2.19. The number of aliphatic hydroxyl groups excluding tert-OH is 1. The number of aryl methyl sites for hydroxylation is 1. The Bertz CT molecular complexity index is 608. The van der Waals surface area contributed by atoms with E-state index in [0.717, 1.165) is 43.2 Å². The predicted molar refractivity (Wildman–Crippen MR) is 112 cm³/mol. The molecule has 2 N–H and O–H groups in total. The van der Waals surface area contributed by atoms with Crippen molar-refractivity contribution in [2.24, 2.45) is 5.92 Å². The molecule has 0 bridgehead atoms. The Kier molecular flexibility index (Phi) is 8.16. The van der Waals surface area contributed by atoms with Crippen molar-refractivity contribution in [1.29, 1.82) is 0 Å². The second kappa shape index (κ2) is 10.8. The van der Waals surface area contributed by atoms with E-state index in [4.69, 9.17) is 4.74 Å². The summed E-state index contributed by atoms with van der Waals surface area (Å²) in [6.45, 7) is 5.35. The maximum Gasteiger partial charge on any atom is 0.220 e. The third-order valence-corrected chi connectivity index (χ3v) is 6.02. The highest BCUT2D eigenvalue weighted by Crippen LogP contribution is 2.24. The first-order chi connectivity index (χ1) is 13.6. The number of hydrogen-bond donors (Lipinski definition) is 2. The molecule has 156 valence electrons. The second-order valence-electron chi connectivity index (χ2n) is 8.61. The molecule has 1 amide bonds. The summed E-state index contributed by atoms with van der Waals surface area (Å²) < 4.78 is 6.04. The summed E-state index contributed by atoms with van der Waals surface area (Å²) in [6.07, 6.45) is 8.17. The van der Waals surface area contributed by atoms with Gasteiger partial charge in [-0.15, -0.1) is 0 Å². The smallest absolute Gasteiger partial charge is 0.220 e. The van der Waals surface area contributed by atoms with Crippen molar-refractivity contribution in [1.82, 2.24) is 10.2 Å². The summed E-state index contributed by atoms with van der Waals surface area (Å²) in [5.41, 5.74) is 1.12. The summed E-state index contributed by atoms with van der Waals surface area (Å²) in [5, 5.41) is 13.1. The minimum absolute atomic E-state index is 0.00608. The standard InChI is InChI=1S/C23H36N2O3/c1-18-11-13-25(14-12-18)17-20(26)16-24-23(27)10-9-19-5-4-8-22(15-19)28-21-6-2-3-7-21/h4-5,8,15,18,20-21,26H,2-3,6-7,9-14,16-17H2,1H3,(H,24,27). The molecule has 5 nitrogen and oxygen atoms in total. The van der Waals surface area contributed by atoms with Crippen molar-refractivity contribution in [3.05, 3.63) is 29.8 Å². The lowest BCUT2D eigenvalue weighted by Crippen LogP contribution is -2.43. The number of rotatable bonds is 9. The van der Waals surface area contributed by atoms with Gasteiger partial charge in [0.1, 0.15) is 5.75 Å². The molecule has 0 spiro atoms.